The summed E-state index contributed by atoms with van der Waals surface area (Å²) < 4.78 is 10.3. The number of nitrogens with zero attached hydrogens (tertiary/aromatic N) is 2. The summed E-state index contributed by atoms with van der Waals surface area (Å²) in [6, 6.07) is 15.1. The minimum absolute atomic E-state index is 0.00229. The van der Waals surface area contributed by atoms with Gasteiger partial charge in [0.05, 0.1) is 38.4 Å². The highest BCUT2D eigenvalue weighted by atomic mass is 16.5. The lowest BCUT2D eigenvalue weighted by atomic mass is 10.0. The van der Waals surface area contributed by atoms with Crippen molar-refractivity contribution in [1.82, 2.24) is 14.9 Å². The molecule has 1 N–H and O–H groups in total. The van der Waals surface area contributed by atoms with Crippen LogP contribution in [0.5, 0.6) is 11.5 Å². The fourth-order valence-corrected chi connectivity index (χ4v) is 3.74. The predicted octanol–water partition coefficient (Wildman–Crippen LogP) is 2.51. The topological polar surface area (TPSA) is 84.5 Å². The summed E-state index contributed by atoms with van der Waals surface area (Å²) in [5.41, 5.74) is 3.14. The molecular formula is C24H25N3O4. The van der Waals surface area contributed by atoms with Crippen molar-refractivity contribution in [3.05, 3.63) is 87.1 Å². The quantitative estimate of drug-likeness (QED) is 0.664. The molecule has 31 heavy (non-hydrogen) atoms. The minimum Gasteiger partial charge on any atom is -0.497 e. The van der Waals surface area contributed by atoms with Crippen LogP contribution in [0.4, 0.5) is 0 Å². The molecule has 0 fully saturated rings. The number of nitrogens with one attached hydrogen (secondary N) is 1. The lowest BCUT2D eigenvalue weighted by Crippen LogP contribution is -2.40. The number of benzene rings is 2. The fourth-order valence-electron chi connectivity index (χ4n) is 3.74. The van der Waals surface area contributed by atoms with Crippen molar-refractivity contribution in [1.29, 1.82) is 0 Å². The zero-order chi connectivity index (χ0) is 21.8. The zero-order valence-corrected chi connectivity index (χ0v) is 17.7. The Morgan fingerprint density at radius 2 is 1.61 bits per heavy atom. The molecule has 0 bridgehead atoms. The molecule has 4 rings (SSSR count). The molecule has 2 heterocycles. The molecule has 0 aliphatic carbocycles. The number of hydrogen-bond acceptors (Lipinski definition) is 5. The van der Waals surface area contributed by atoms with Gasteiger partial charge in [0.2, 0.25) is 5.91 Å². The molecule has 0 saturated carbocycles. The van der Waals surface area contributed by atoms with Gasteiger partial charge in [0.25, 0.3) is 5.56 Å². The fraction of sp³-hybridized carbons (Fsp3) is 0.292. The van der Waals surface area contributed by atoms with Crippen molar-refractivity contribution in [2.45, 2.75) is 25.8 Å². The van der Waals surface area contributed by atoms with Crippen LogP contribution in [0.1, 0.15) is 28.2 Å². The van der Waals surface area contributed by atoms with Crippen LogP contribution >= 0.6 is 0 Å². The average molecular weight is 419 g/mol. The van der Waals surface area contributed by atoms with E-state index in [0.29, 0.717) is 37.2 Å². The Labute approximate surface area is 180 Å². The van der Waals surface area contributed by atoms with Gasteiger partial charge in [0, 0.05) is 19.4 Å². The van der Waals surface area contributed by atoms with Crippen LogP contribution in [0, 0.1) is 0 Å². The summed E-state index contributed by atoms with van der Waals surface area (Å²) in [6.45, 7) is 0.843. The average Bonchev–Trinajstić information content (AvgIpc) is 2.80. The van der Waals surface area contributed by atoms with Crippen LogP contribution in [0.3, 0.4) is 0 Å². The van der Waals surface area contributed by atoms with E-state index >= 15 is 0 Å². The molecule has 1 aromatic heterocycles. The van der Waals surface area contributed by atoms with Gasteiger partial charge in [-0.05, 0) is 35.4 Å². The number of hydrogen-bond donors (Lipinski definition) is 1. The van der Waals surface area contributed by atoms with Crippen molar-refractivity contribution < 1.29 is 14.3 Å². The third-order valence-electron chi connectivity index (χ3n) is 5.52. The van der Waals surface area contributed by atoms with Crippen LogP contribution in [0.15, 0.2) is 53.3 Å². The Bertz CT molecular complexity index is 1120. The van der Waals surface area contributed by atoms with Gasteiger partial charge in [-0.15, -0.1) is 0 Å². The molecule has 1 aliphatic rings. The van der Waals surface area contributed by atoms with Gasteiger partial charge in [-0.25, -0.2) is 4.98 Å². The summed E-state index contributed by atoms with van der Waals surface area (Å²) in [5.74, 6) is 2.17. The van der Waals surface area contributed by atoms with Crippen LogP contribution < -0.4 is 15.0 Å². The molecule has 3 aromatic rings. The second kappa shape index (κ2) is 9.04. The van der Waals surface area contributed by atoms with Gasteiger partial charge < -0.3 is 19.4 Å². The summed E-state index contributed by atoms with van der Waals surface area (Å²) in [6.07, 6.45) is 1.40. The van der Waals surface area contributed by atoms with E-state index in [-0.39, 0.29) is 18.0 Å². The van der Waals surface area contributed by atoms with Crippen LogP contribution in [0.25, 0.3) is 0 Å². The molecule has 0 atom stereocenters. The number of amides is 1. The molecular weight excluding hydrogens is 394 g/mol. The minimum atomic E-state index is -0.171. The number of methoxy groups -OCH3 is 2. The molecule has 0 spiro atoms. The van der Waals surface area contributed by atoms with E-state index < -0.39 is 0 Å². The highest BCUT2D eigenvalue weighted by molar-refractivity contribution is 5.79. The number of aromatic amines is 1. The summed E-state index contributed by atoms with van der Waals surface area (Å²) >= 11 is 0. The number of carbonyl (C=O) groups excluding carboxylic acids is 1. The summed E-state index contributed by atoms with van der Waals surface area (Å²) in [7, 11) is 3.24. The molecule has 7 nitrogen and oxygen atoms in total. The largest absolute Gasteiger partial charge is 0.497 e. The van der Waals surface area contributed by atoms with Crippen LogP contribution in [0.2, 0.25) is 0 Å². The van der Waals surface area contributed by atoms with E-state index in [1.54, 1.807) is 19.1 Å². The lowest BCUT2D eigenvalue weighted by molar-refractivity contribution is -0.131. The van der Waals surface area contributed by atoms with E-state index in [1.807, 2.05) is 48.5 Å². The number of ether oxygens (including phenoxy) is 2. The van der Waals surface area contributed by atoms with Gasteiger partial charge in [-0.1, -0.05) is 24.3 Å². The van der Waals surface area contributed by atoms with Gasteiger partial charge in [0.15, 0.2) is 0 Å². The highest BCUT2D eigenvalue weighted by Crippen LogP contribution is 2.18. The highest BCUT2D eigenvalue weighted by Gasteiger charge is 2.24. The summed E-state index contributed by atoms with van der Waals surface area (Å²) in [4.78, 5) is 34.7. The third kappa shape index (κ3) is 4.77. The maximum Gasteiger partial charge on any atom is 0.256 e. The van der Waals surface area contributed by atoms with E-state index in [9.17, 15) is 9.59 Å². The molecule has 1 amide bonds. The second-order valence-corrected chi connectivity index (χ2v) is 7.55. The van der Waals surface area contributed by atoms with Crippen molar-refractivity contribution in [3.63, 3.8) is 0 Å². The maximum absolute atomic E-state index is 12.8. The third-order valence-corrected chi connectivity index (χ3v) is 5.52. The number of H-pyrrole nitrogens is 1. The first kappa shape index (κ1) is 20.7. The normalized spacial score (nSPS) is 12.9. The summed E-state index contributed by atoms with van der Waals surface area (Å²) in [5, 5.41) is 0. The molecule has 2 aromatic carbocycles. The first-order valence-electron chi connectivity index (χ1n) is 10.2. The Morgan fingerprint density at radius 1 is 1.00 bits per heavy atom. The first-order chi connectivity index (χ1) is 15.1. The van der Waals surface area contributed by atoms with Crippen molar-refractivity contribution in [2.24, 2.45) is 0 Å². The Kier molecular flexibility index (Phi) is 6.02. The molecule has 1 aliphatic heterocycles. The molecule has 7 heteroatoms. The standard InChI is InChI=1S/C24H25N3O4/c1-30-18-7-3-16(4-8-18)13-22-25-21-11-12-27(15-20(21)24(29)26-22)23(28)14-17-5-9-19(31-2)10-6-17/h3-10H,11-15H2,1-2H3,(H,25,26,29). The second-order valence-electron chi connectivity index (χ2n) is 7.55. The number of rotatable bonds is 6. The van der Waals surface area contributed by atoms with Crippen LogP contribution in [-0.4, -0.2) is 41.5 Å². The maximum atomic E-state index is 12.8. The van der Waals surface area contributed by atoms with Crippen molar-refractivity contribution in [2.75, 3.05) is 20.8 Å². The zero-order valence-electron chi connectivity index (χ0n) is 17.7. The Balaban J connectivity index is 1.45. The van der Waals surface area contributed by atoms with E-state index in [1.165, 1.54) is 0 Å². The Hall–Kier alpha value is -3.61. The van der Waals surface area contributed by atoms with Gasteiger partial charge in [0.1, 0.15) is 17.3 Å². The van der Waals surface area contributed by atoms with E-state index in [0.717, 1.165) is 28.3 Å². The number of fused-ring (bicyclic) bond motifs is 1. The first-order valence-corrected chi connectivity index (χ1v) is 10.2. The van der Waals surface area contributed by atoms with Crippen molar-refractivity contribution >= 4 is 5.91 Å². The number of carbonyl (C=O) groups is 1. The van der Waals surface area contributed by atoms with Gasteiger partial charge in [-0.2, -0.15) is 0 Å². The van der Waals surface area contributed by atoms with Gasteiger partial charge in [-0.3, -0.25) is 9.59 Å². The Morgan fingerprint density at radius 3 is 2.23 bits per heavy atom. The molecule has 0 radical (unpaired) electrons. The van der Waals surface area contributed by atoms with Crippen LogP contribution in [-0.2, 0) is 30.6 Å². The number of aromatic nitrogens is 2. The van der Waals surface area contributed by atoms with Gasteiger partial charge >= 0.3 is 0 Å². The molecule has 0 saturated heterocycles. The molecule has 0 unspecified atom stereocenters. The van der Waals surface area contributed by atoms with E-state index in [2.05, 4.69) is 9.97 Å². The predicted molar refractivity (Wildman–Crippen MR) is 116 cm³/mol. The SMILES string of the molecule is COc1ccc(CC(=O)N2CCc3nc(Cc4ccc(OC)cc4)[nH]c(=O)c3C2)cc1. The smallest absolute Gasteiger partial charge is 0.256 e. The molecule has 160 valence electrons. The van der Waals surface area contributed by atoms with Crippen molar-refractivity contribution in [3.8, 4) is 11.5 Å². The van der Waals surface area contributed by atoms with E-state index in [4.69, 9.17) is 9.47 Å². The lowest BCUT2D eigenvalue weighted by Gasteiger charge is -2.28. The monoisotopic (exact) mass is 419 g/mol.